The summed E-state index contributed by atoms with van der Waals surface area (Å²) in [4.78, 5) is 13.6. The van der Waals surface area contributed by atoms with Gasteiger partial charge in [-0.25, -0.2) is 0 Å². The summed E-state index contributed by atoms with van der Waals surface area (Å²) in [5.41, 5.74) is 6.61. The molecule has 1 aromatic carbocycles. The van der Waals surface area contributed by atoms with Crippen LogP contribution in [0.1, 0.15) is 25.3 Å². The Morgan fingerprint density at radius 2 is 2.35 bits per heavy atom. The Labute approximate surface area is 120 Å². The Morgan fingerprint density at radius 1 is 1.55 bits per heavy atom. The summed E-state index contributed by atoms with van der Waals surface area (Å²) in [6.45, 7) is 5.01. The molecule has 20 heavy (non-hydrogen) atoms. The highest BCUT2D eigenvalue weighted by atomic mass is 16.5. The Morgan fingerprint density at radius 3 is 3.05 bits per heavy atom. The van der Waals surface area contributed by atoms with Crippen LogP contribution in [0.25, 0.3) is 0 Å². The predicted molar refractivity (Wildman–Crippen MR) is 79.4 cm³/mol. The zero-order valence-corrected chi connectivity index (χ0v) is 12.3. The van der Waals surface area contributed by atoms with Crippen LogP contribution in [-0.4, -0.2) is 31.0 Å². The van der Waals surface area contributed by atoms with Crippen molar-refractivity contribution in [2.24, 2.45) is 17.6 Å². The van der Waals surface area contributed by atoms with Gasteiger partial charge in [-0.05, 0) is 43.0 Å². The average molecular weight is 276 g/mol. The molecular weight excluding hydrogens is 252 g/mol. The van der Waals surface area contributed by atoms with E-state index in [1.54, 1.807) is 7.11 Å². The van der Waals surface area contributed by atoms with E-state index in [9.17, 15) is 4.79 Å². The van der Waals surface area contributed by atoms with Crippen molar-refractivity contribution in [1.82, 2.24) is 4.90 Å². The van der Waals surface area contributed by atoms with Crippen LogP contribution in [0.2, 0.25) is 0 Å². The third-order valence-corrected chi connectivity index (χ3v) is 4.08. The molecule has 0 saturated carbocycles. The molecule has 4 nitrogen and oxygen atoms in total. The first-order valence-corrected chi connectivity index (χ1v) is 7.23. The number of rotatable bonds is 6. The number of carbonyl (C=O) groups is 1. The Hall–Kier alpha value is -1.55. The van der Waals surface area contributed by atoms with Crippen LogP contribution >= 0.6 is 0 Å². The van der Waals surface area contributed by atoms with Crippen molar-refractivity contribution in [3.05, 3.63) is 29.8 Å². The molecule has 1 heterocycles. The van der Waals surface area contributed by atoms with Crippen LogP contribution < -0.4 is 10.5 Å². The van der Waals surface area contributed by atoms with Crippen molar-refractivity contribution in [3.8, 4) is 5.75 Å². The third kappa shape index (κ3) is 3.97. The summed E-state index contributed by atoms with van der Waals surface area (Å²) < 4.78 is 5.25. The van der Waals surface area contributed by atoms with Crippen molar-refractivity contribution in [2.75, 3.05) is 20.2 Å². The van der Waals surface area contributed by atoms with E-state index in [2.05, 4.69) is 17.0 Å². The molecule has 1 fully saturated rings. The van der Waals surface area contributed by atoms with E-state index in [-0.39, 0.29) is 11.8 Å². The maximum absolute atomic E-state index is 11.1. The minimum Gasteiger partial charge on any atom is -0.497 e. The van der Waals surface area contributed by atoms with Gasteiger partial charge in [-0.2, -0.15) is 0 Å². The molecule has 0 aliphatic carbocycles. The van der Waals surface area contributed by atoms with Crippen molar-refractivity contribution in [2.45, 2.75) is 26.3 Å². The van der Waals surface area contributed by atoms with E-state index in [0.717, 1.165) is 38.2 Å². The zero-order valence-electron chi connectivity index (χ0n) is 12.3. The molecule has 110 valence electrons. The Balaban J connectivity index is 1.85. The van der Waals surface area contributed by atoms with E-state index >= 15 is 0 Å². The molecule has 4 heteroatoms. The lowest BCUT2D eigenvalue weighted by molar-refractivity contribution is -0.121. The molecule has 2 atom stereocenters. The normalized spacial score (nSPS) is 20.8. The maximum Gasteiger partial charge on any atom is 0.220 e. The average Bonchev–Trinajstić information content (AvgIpc) is 2.86. The number of hydrogen-bond acceptors (Lipinski definition) is 3. The van der Waals surface area contributed by atoms with Crippen molar-refractivity contribution < 1.29 is 9.53 Å². The van der Waals surface area contributed by atoms with Gasteiger partial charge in [-0.3, -0.25) is 9.69 Å². The van der Waals surface area contributed by atoms with Gasteiger partial charge in [0.15, 0.2) is 0 Å². The van der Waals surface area contributed by atoms with Crippen LogP contribution in [0.4, 0.5) is 0 Å². The van der Waals surface area contributed by atoms with Crippen LogP contribution in [0.3, 0.4) is 0 Å². The highest BCUT2D eigenvalue weighted by molar-refractivity contribution is 5.76. The number of ether oxygens (including phenoxy) is 1. The van der Waals surface area contributed by atoms with Crippen LogP contribution in [0.15, 0.2) is 24.3 Å². The summed E-state index contributed by atoms with van der Waals surface area (Å²) in [6.07, 6.45) is 2.06. The largest absolute Gasteiger partial charge is 0.497 e. The molecule has 1 amide bonds. The van der Waals surface area contributed by atoms with Gasteiger partial charge in [0.1, 0.15) is 5.75 Å². The van der Waals surface area contributed by atoms with Gasteiger partial charge in [-0.15, -0.1) is 0 Å². The van der Waals surface area contributed by atoms with Crippen molar-refractivity contribution in [1.29, 1.82) is 0 Å². The SMILES string of the molecule is COc1cccc(CN2CCC(CC(C)C(N)=O)C2)c1. The second-order valence-corrected chi connectivity index (χ2v) is 5.78. The van der Waals surface area contributed by atoms with Crippen LogP contribution in [-0.2, 0) is 11.3 Å². The molecule has 1 aromatic rings. The number of benzene rings is 1. The summed E-state index contributed by atoms with van der Waals surface area (Å²) in [5.74, 6) is 1.29. The molecule has 0 radical (unpaired) electrons. The first-order chi connectivity index (χ1) is 9.58. The van der Waals surface area contributed by atoms with Crippen LogP contribution in [0.5, 0.6) is 5.75 Å². The monoisotopic (exact) mass is 276 g/mol. The fraction of sp³-hybridized carbons (Fsp3) is 0.562. The van der Waals surface area contributed by atoms with Gasteiger partial charge >= 0.3 is 0 Å². The Kier molecular flexibility index (Phi) is 5.01. The number of methoxy groups -OCH3 is 1. The lowest BCUT2D eigenvalue weighted by atomic mass is 9.95. The Bertz CT molecular complexity index is 462. The third-order valence-electron chi connectivity index (χ3n) is 4.08. The fourth-order valence-electron chi connectivity index (χ4n) is 2.89. The molecular formula is C16H24N2O2. The number of nitrogens with zero attached hydrogens (tertiary/aromatic N) is 1. The van der Waals surface area contributed by atoms with E-state index < -0.39 is 0 Å². The van der Waals surface area contributed by atoms with Gasteiger partial charge in [-0.1, -0.05) is 19.1 Å². The molecule has 2 N–H and O–H groups in total. The first kappa shape index (κ1) is 14.9. The lowest BCUT2D eigenvalue weighted by Crippen LogP contribution is -2.25. The number of primary amides is 1. The number of nitrogens with two attached hydrogens (primary N) is 1. The summed E-state index contributed by atoms with van der Waals surface area (Å²) >= 11 is 0. The first-order valence-electron chi connectivity index (χ1n) is 7.23. The molecule has 2 unspecified atom stereocenters. The van der Waals surface area contributed by atoms with E-state index in [1.807, 2.05) is 19.1 Å². The molecule has 1 aliphatic heterocycles. The van der Waals surface area contributed by atoms with Crippen LogP contribution in [0, 0.1) is 11.8 Å². The van der Waals surface area contributed by atoms with Gasteiger partial charge in [0.05, 0.1) is 7.11 Å². The molecule has 0 aromatic heterocycles. The fourth-order valence-corrected chi connectivity index (χ4v) is 2.89. The molecule has 0 spiro atoms. The standard InChI is InChI=1S/C16H24N2O2/c1-12(16(17)19)8-14-6-7-18(11-14)10-13-4-3-5-15(9-13)20-2/h3-5,9,12,14H,6-8,10-11H2,1-2H3,(H2,17,19). The maximum atomic E-state index is 11.1. The second-order valence-electron chi connectivity index (χ2n) is 5.78. The summed E-state index contributed by atoms with van der Waals surface area (Å²) in [5, 5.41) is 0. The smallest absolute Gasteiger partial charge is 0.220 e. The van der Waals surface area contributed by atoms with E-state index in [4.69, 9.17) is 10.5 Å². The van der Waals surface area contributed by atoms with Crippen molar-refractivity contribution >= 4 is 5.91 Å². The second kappa shape index (κ2) is 6.75. The number of likely N-dealkylation sites (tertiary alicyclic amines) is 1. The molecule has 1 aliphatic rings. The molecule has 1 saturated heterocycles. The molecule has 2 rings (SSSR count). The minimum atomic E-state index is -0.184. The highest BCUT2D eigenvalue weighted by Crippen LogP contribution is 2.25. The summed E-state index contributed by atoms with van der Waals surface area (Å²) in [6, 6.07) is 8.20. The zero-order chi connectivity index (χ0) is 14.5. The molecule has 0 bridgehead atoms. The predicted octanol–water partition coefficient (Wildman–Crippen LogP) is 2.03. The summed E-state index contributed by atoms with van der Waals surface area (Å²) in [7, 11) is 1.69. The van der Waals surface area contributed by atoms with Gasteiger partial charge in [0.25, 0.3) is 0 Å². The van der Waals surface area contributed by atoms with E-state index in [1.165, 1.54) is 5.56 Å². The quantitative estimate of drug-likeness (QED) is 0.865. The van der Waals surface area contributed by atoms with Gasteiger partial charge in [0, 0.05) is 19.0 Å². The number of hydrogen-bond donors (Lipinski definition) is 1. The number of amides is 1. The van der Waals surface area contributed by atoms with E-state index in [0.29, 0.717) is 5.92 Å². The number of carbonyl (C=O) groups excluding carboxylic acids is 1. The minimum absolute atomic E-state index is 0.0169. The lowest BCUT2D eigenvalue weighted by Gasteiger charge is -2.17. The van der Waals surface area contributed by atoms with Gasteiger partial charge in [0.2, 0.25) is 5.91 Å². The topological polar surface area (TPSA) is 55.6 Å². The van der Waals surface area contributed by atoms with Gasteiger partial charge < -0.3 is 10.5 Å². The highest BCUT2D eigenvalue weighted by Gasteiger charge is 2.25. The van der Waals surface area contributed by atoms with Crippen molar-refractivity contribution in [3.63, 3.8) is 0 Å².